The number of hydrogen-bond acceptors (Lipinski definition) is 7. The Bertz CT molecular complexity index is 1140. The number of nitrogens with one attached hydrogen (secondary N) is 2. The molecular weight excluding hydrogens is 444 g/mol. The molecule has 0 amide bonds. The summed E-state index contributed by atoms with van der Waals surface area (Å²) in [5, 5.41) is 10.9. The molecule has 0 aromatic carbocycles. The molecule has 1 aliphatic carbocycles. The van der Waals surface area contributed by atoms with Crippen LogP contribution in [0.15, 0.2) is 18.2 Å². The van der Waals surface area contributed by atoms with Gasteiger partial charge in [-0.1, -0.05) is 25.4 Å². The number of carbonyl (C=O) groups is 1. The van der Waals surface area contributed by atoms with Crippen molar-refractivity contribution in [1.29, 1.82) is 0 Å². The van der Waals surface area contributed by atoms with Crippen molar-refractivity contribution in [3.8, 4) is 0 Å². The Balaban J connectivity index is 1.41. The van der Waals surface area contributed by atoms with E-state index < -0.39 is 0 Å². The molecule has 1 unspecified atom stereocenters. The molecule has 4 heterocycles. The van der Waals surface area contributed by atoms with Gasteiger partial charge in [0.25, 0.3) is 0 Å². The molecule has 1 atom stereocenters. The van der Waals surface area contributed by atoms with Crippen LogP contribution in [-0.2, 0) is 24.1 Å². The predicted molar refractivity (Wildman–Crippen MR) is 128 cm³/mol. The Morgan fingerprint density at radius 2 is 2.19 bits per heavy atom. The number of aromatic nitrogens is 4. The van der Waals surface area contributed by atoms with Gasteiger partial charge in [-0.05, 0) is 50.2 Å². The van der Waals surface area contributed by atoms with Crippen molar-refractivity contribution in [2.75, 3.05) is 16.8 Å². The zero-order valence-electron chi connectivity index (χ0n) is 18.3. The van der Waals surface area contributed by atoms with E-state index in [1.54, 1.807) is 0 Å². The topological polar surface area (TPSA) is 86.8 Å². The number of halogens is 1. The number of fused-ring (bicyclic) bond motifs is 1. The van der Waals surface area contributed by atoms with E-state index in [4.69, 9.17) is 21.6 Å². The molecule has 32 heavy (non-hydrogen) atoms. The molecule has 2 N–H and O–H groups in total. The molecule has 3 aromatic rings. The lowest BCUT2D eigenvalue weighted by Crippen LogP contribution is -2.38. The normalized spacial score (nSPS) is 17.9. The number of carbonyl (C=O) groups excluding carboxylic acids is 1. The Hall–Kier alpha value is -2.45. The Morgan fingerprint density at radius 1 is 1.31 bits per heavy atom. The molecule has 2 aliphatic rings. The van der Waals surface area contributed by atoms with Crippen LogP contribution in [0, 0.1) is 0 Å². The number of hydrogen-bond donors (Lipinski definition) is 2. The van der Waals surface area contributed by atoms with Gasteiger partial charge in [-0.2, -0.15) is 10.1 Å². The first-order valence-corrected chi connectivity index (χ1v) is 12.4. The van der Waals surface area contributed by atoms with Gasteiger partial charge in [0.05, 0.1) is 16.1 Å². The monoisotopic (exact) mass is 470 g/mol. The van der Waals surface area contributed by atoms with Crippen LogP contribution in [0.5, 0.6) is 0 Å². The van der Waals surface area contributed by atoms with E-state index in [9.17, 15) is 4.79 Å². The van der Waals surface area contributed by atoms with Crippen LogP contribution in [0.1, 0.15) is 60.9 Å². The summed E-state index contributed by atoms with van der Waals surface area (Å²) in [5.41, 5.74) is 3.33. The van der Waals surface area contributed by atoms with Crippen LogP contribution in [0.2, 0.25) is 4.34 Å². The maximum absolute atomic E-state index is 13.1. The van der Waals surface area contributed by atoms with Gasteiger partial charge in [-0.25, -0.2) is 4.98 Å². The van der Waals surface area contributed by atoms with E-state index in [2.05, 4.69) is 34.3 Å². The molecule has 1 aliphatic heterocycles. The Labute approximate surface area is 196 Å². The second-order valence-electron chi connectivity index (χ2n) is 8.84. The average Bonchev–Trinajstić information content (AvgIpc) is 3.54. The lowest BCUT2D eigenvalue weighted by Gasteiger charge is -2.25. The summed E-state index contributed by atoms with van der Waals surface area (Å²) in [7, 11) is 0. The van der Waals surface area contributed by atoms with Gasteiger partial charge in [0, 0.05) is 35.2 Å². The third-order valence-electron chi connectivity index (χ3n) is 6.25. The summed E-state index contributed by atoms with van der Waals surface area (Å²) in [6, 6.07) is 5.62. The highest BCUT2D eigenvalue weighted by Gasteiger charge is 2.34. The third kappa shape index (κ3) is 4.26. The number of aromatic amines is 1. The van der Waals surface area contributed by atoms with Gasteiger partial charge in [0.1, 0.15) is 5.82 Å². The summed E-state index contributed by atoms with van der Waals surface area (Å²) in [6.07, 6.45) is 5.17. The summed E-state index contributed by atoms with van der Waals surface area (Å²) < 4.78 is 0.716. The number of anilines is 3. The van der Waals surface area contributed by atoms with Crippen molar-refractivity contribution in [3.05, 3.63) is 44.4 Å². The van der Waals surface area contributed by atoms with E-state index in [1.165, 1.54) is 11.3 Å². The van der Waals surface area contributed by atoms with Crippen molar-refractivity contribution in [1.82, 2.24) is 20.2 Å². The first kappa shape index (κ1) is 21.4. The fourth-order valence-corrected chi connectivity index (χ4v) is 5.64. The van der Waals surface area contributed by atoms with Gasteiger partial charge in [0.2, 0.25) is 5.95 Å². The number of rotatable bonds is 7. The minimum atomic E-state index is -0.193. The van der Waals surface area contributed by atoms with Crippen LogP contribution in [0.3, 0.4) is 0 Å². The molecule has 0 spiro atoms. The number of thiophene rings is 1. The predicted octanol–water partition coefficient (Wildman–Crippen LogP) is 5.05. The second-order valence-corrected chi connectivity index (χ2v) is 10.6. The molecule has 7 nitrogen and oxygen atoms in total. The molecule has 0 saturated carbocycles. The highest BCUT2D eigenvalue weighted by atomic mass is 35.5. The van der Waals surface area contributed by atoms with E-state index in [-0.39, 0.29) is 11.8 Å². The molecular formula is C23H27ClN6OS. The average molecular weight is 471 g/mol. The highest BCUT2D eigenvalue weighted by Crippen LogP contribution is 2.33. The second kappa shape index (κ2) is 8.83. The van der Waals surface area contributed by atoms with Crippen LogP contribution in [-0.4, -0.2) is 38.5 Å². The quantitative estimate of drug-likeness (QED) is 0.502. The standard InChI is InChI=1S/C23H27ClN6OS/c1-13(2)17-12-21(29-28-17)26-22-15-5-3-6-16(15)25-23(27-22)30-10-4-7-18(30)19(31)11-14-8-9-20(24)32-14/h8-9,12-13,18H,3-7,10-11H2,1-2H3,(H2,25,26,27,28,29). The SMILES string of the molecule is CC(C)c1cc(Nc2nc(N3CCCC3C(=O)Cc3ccc(Cl)s3)nc3c2CCC3)n[nH]1. The largest absolute Gasteiger partial charge is 0.331 e. The molecule has 1 fully saturated rings. The maximum atomic E-state index is 13.1. The van der Waals surface area contributed by atoms with E-state index in [1.807, 2.05) is 18.2 Å². The van der Waals surface area contributed by atoms with Crippen LogP contribution in [0.4, 0.5) is 17.6 Å². The number of H-pyrrole nitrogens is 1. The summed E-state index contributed by atoms with van der Waals surface area (Å²) in [5.74, 6) is 2.80. The van der Waals surface area contributed by atoms with Crippen molar-refractivity contribution in [2.45, 2.75) is 64.3 Å². The lowest BCUT2D eigenvalue weighted by molar-refractivity contribution is -0.119. The molecule has 3 aromatic heterocycles. The van der Waals surface area contributed by atoms with E-state index >= 15 is 0 Å². The summed E-state index contributed by atoms with van der Waals surface area (Å²) >= 11 is 7.52. The number of aryl methyl sites for hydroxylation is 1. The van der Waals surface area contributed by atoms with Gasteiger partial charge in [0.15, 0.2) is 11.6 Å². The lowest BCUT2D eigenvalue weighted by atomic mass is 10.1. The fraction of sp³-hybridized carbons (Fsp3) is 0.478. The Kier molecular flexibility index (Phi) is 5.90. The molecule has 0 bridgehead atoms. The fourth-order valence-electron chi connectivity index (χ4n) is 4.55. The molecule has 9 heteroatoms. The van der Waals surface area contributed by atoms with Gasteiger partial charge < -0.3 is 10.2 Å². The zero-order valence-corrected chi connectivity index (χ0v) is 19.9. The van der Waals surface area contributed by atoms with Crippen LogP contribution in [0.25, 0.3) is 0 Å². The van der Waals surface area contributed by atoms with Crippen LogP contribution >= 0.6 is 22.9 Å². The van der Waals surface area contributed by atoms with Gasteiger partial charge in [-0.3, -0.25) is 9.89 Å². The first-order valence-electron chi connectivity index (χ1n) is 11.2. The minimum absolute atomic E-state index is 0.193. The highest BCUT2D eigenvalue weighted by molar-refractivity contribution is 7.16. The number of ketones is 1. The number of Topliss-reactive ketones (excluding diaryl/α,β-unsaturated/α-hetero) is 1. The Morgan fingerprint density at radius 3 is 2.94 bits per heavy atom. The first-order chi connectivity index (χ1) is 15.5. The molecule has 1 saturated heterocycles. The van der Waals surface area contributed by atoms with Gasteiger partial charge >= 0.3 is 0 Å². The molecule has 168 valence electrons. The third-order valence-corrected chi connectivity index (χ3v) is 7.48. The van der Waals surface area contributed by atoms with Crippen molar-refractivity contribution >= 4 is 46.3 Å². The van der Waals surface area contributed by atoms with Crippen molar-refractivity contribution in [2.24, 2.45) is 0 Å². The summed E-state index contributed by atoms with van der Waals surface area (Å²) in [4.78, 5) is 26.0. The summed E-state index contributed by atoms with van der Waals surface area (Å²) in [6.45, 7) is 5.05. The van der Waals surface area contributed by atoms with E-state index in [0.29, 0.717) is 22.6 Å². The van der Waals surface area contributed by atoms with Crippen molar-refractivity contribution in [3.63, 3.8) is 0 Å². The van der Waals surface area contributed by atoms with E-state index in [0.717, 1.165) is 72.1 Å². The number of nitrogens with zero attached hydrogens (tertiary/aromatic N) is 4. The zero-order chi connectivity index (χ0) is 22.2. The molecule has 5 rings (SSSR count). The maximum Gasteiger partial charge on any atom is 0.228 e. The smallest absolute Gasteiger partial charge is 0.228 e. The molecule has 0 radical (unpaired) electrons. The van der Waals surface area contributed by atoms with Gasteiger partial charge in [-0.15, -0.1) is 11.3 Å². The van der Waals surface area contributed by atoms with Crippen LogP contribution < -0.4 is 10.2 Å². The minimum Gasteiger partial charge on any atom is -0.331 e. The van der Waals surface area contributed by atoms with Crippen molar-refractivity contribution < 1.29 is 4.79 Å².